The van der Waals surface area contributed by atoms with Crippen LogP contribution in [-0.2, 0) is 11.2 Å². The normalized spacial score (nSPS) is 26.3. The molecule has 2 bridgehead atoms. The molecule has 3 atom stereocenters. The second kappa shape index (κ2) is 6.66. The number of aromatic nitrogens is 3. The number of aliphatic hydroxyl groups excluding tert-OH is 1. The number of nitrogens with one attached hydrogen (secondary N) is 1. The van der Waals surface area contributed by atoms with E-state index in [1.165, 1.54) is 6.20 Å². The minimum absolute atomic E-state index is 0.0744. The third-order valence-corrected chi connectivity index (χ3v) is 6.42. The van der Waals surface area contributed by atoms with Crippen molar-refractivity contribution in [2.75, 3.05) is 30.0 Å². The van der Waals surface area contributed by atoms with Gasteiger partial charge in [0, 0.05) is 37.0 Å². The predicted octanol–water partition coefficient (Wildman–Crippen LogP) is 1.65. The average molecular weight is 421 g/mol. The second-order valence-electron chi connectivity index (χ2n) is 8.76. The van der Waals surface area contributed by atoms with Gasteiger partial charge in [-0.05, 0) is 25.5 Å². The van der Waals surface area contributed by atoms with Crippen molar-refractivity contribution in [3.63, 3.8) is 0 Å². The van der Waals surface area contributed by atoms with Crippen LogP contribution in [0.15, 0.2) is 36.8 Å². The molecule has 2 aromatic heterocycles. The molecule has 0 saturated carbocycles. The van der Waals surface area contributed by atoms with Crippen molar-refractivity contribution in [2.24, 2.45) is 0 Å². The SMILES string of the molecule is C[C@]1(CO)Cc2cc(NC(=O)c3cnn4cccnc34)c(N3C[C@@H]4C[C@H]3CO4)cc2O1. The predicted molar refractivity (Wildman–Crippen MR) is 113 cm³/mol. The van der Waals surface area contributed by atoms with Crippen molar-refractivity contribution >= 4 is 22.9 Å². The Labute approximate surface area is 178 Å². The summed E-state index contributed by atoms with van der Waals surface area (Å²) >= 11 is 0. The zero-order valence-electron chi connectivity index (χ0n) is 17.1. The first-order chi connectivity index (χ1) is 15.0. The summed E-state index contributed by atoms with van der Waals surface area (Å²) < 4.78 is 13.4. The van der Waals surface area contributed by atoms with E-state index >= 15 is 0 Å². The first-order valence-corrected chi connectivity index (χ1v) is 10.5. The molecule has 2 N–H and O–H groups in total. The zero-order chi connectivity index (χ0) is 21.2. The summed E-state index contributed by atoms with van der Waals surface area (Å²) in [5, 5.41) is 17.1. The summed E-state index contributed by atoms with van der Waals surface area (Å²) in [7, 11) is 0. The highest BCUT2D eigenvalue weighted by molar-refractivity contribution is 6.09. The van der Waals surface area contributed by atoms with E-state index in [9.17, 15) is 9.90 Å². The van der Waals surface area contributed by atoms with Crippen molar-refractivity contribution < 1.29 is 19.4 Å². The summed E-state index contributed by atoms with van der Waals surface area (Å²) in [5.74, 6) is 0.491. The van der Waals surface area contributed by atoms with Crippen LogP contribution in [0.1, 0.15) is 29.3 Å². The maximum absolute atomic E-state index is 13.2. The van der Waals surface area contributed by atoms with Crippen LogP contribution >= 0.6 is 0 Å². The second-order valence-corrected chi connectivity index (χ2v) is 8.76. The highest BCUT2D eigenvalue weighted by Crippen LogP contribution is 2.44. The topological polar surface area (TPSA) is 101 Å². The molecule has 0 radical (unpaired) electrons. The van der Waals surface area contributed by atoms with E-state index < -0.39 is 5.60 Å². The van der Waals surface area contributed by atoms with Gasteiger partial charge in [0.15, 0.2) is 5.65 Å². The number of carbonyl (C=O) groups excluding carboxylic acids is 1. The fourth-order valence-corrected chi connectivity index (χ4v) is 4.85. The molecule has 9 nitrogen and oxygen atoms in total. The number of amides is 1. The van der Waals surface area contributed by atoms with Crippen molar-refractivity contribution in [1.29, 1.82) is 0 Å². The molecule has 160 valence electrons. The maximum atomic E-state index is 13.2. The third kappa shape index (κ3) is 2.95. The highest BCUT2D eigenvalue weighted by Gasteiger charge is 2.41. The summed E-state index contributed by atoms with van der Waals surface area (Å²) in [6.45, 7) is 3.28. The molecule has 5 heterocycles. The molecule has 3 aliphatic rings. The number of carbonyl (C=O) groups is 1. The van der Waals surface area contributed by atoms with Crippen LogP contribution in [0.25, 0.3) is 5.65 Å². The lowest BCUT2D eigenvalue weighted by Crippen LogP contribution is -2.37. The molecule has 3 aromatic rings. The minimum atomic E-state index is -0.651. The molecule has 3 aliphatic heterocycles. The lowest BCUT2D eigenvalue weighted by Gasteiger charge is -2.31. The zero-order valence-corrected chi connectivity index (χ0v) is 17.1. The number of hydrogen-bond donors (Lipinski definition) is 2. The Hall–Kier alpha value is -3.17. The number of morpholine rings is 1. The van der Waals surface area contributed by atoms with Gasteiger partial charge in [-0.2, -0.15) is 5.10 Å². The summed E-state index contributed by atoms with van der Waals surface area (Å²) in [6, 6.07) is 6.00. The van der Waals surface area contributed by atoms with Crippen LogP contribution in [0.4, 0.5) is 11.4 Å². The van der Waals surface area contributed by atoms with Crippen LogP contribution in [0.3, 0.4) is 0 Å². The smallest absolute Gasteiger partial charge is 0.261 e. The van der Waals surface area contributed by atoms with Gasteiger partial charge in [0.25, 0.3) is 5.91 Å². The minimum Gasteiger partial charge on any atom is -0.484 e. The number of nitrogens with zero attached hydrogens (tertiary/aromatic N) is 4. The summed E-state index contributed by atoms with van der Waals surface area (Å²) in [6.07, 6.45) is 6.71. The van der Waals surface area contributed by atoms with Gasteiger partial charge in [0.05, 0.1) is 42.9 Å². The Bertz CT molecular complexity index is 1190. The first kappa shape index (κ1) is 18.6. The van der Waals surface area contributed by atoms with E-state index in [0.29, 0.717) is 24.2 Å². The number of aliphatic hydroxyl groups is 1. The number of rotatable bonds is 4. The molecule has 1 amide bonds. The van der Waals surface area contributed by atoms with Crippen LogP contribution in [0.5, 0.6) is 5.75 Å². The number of benzene rings is 1. The number of anilines is 2. The Kier molecular flexibility index (Phi) is 4.00. The highest BCUT2D eigenvalue weighted by atomic mass is 16.5. The van der Waals surface area contributed by atoms with Gasteiger partial charge in [-0.1, -0.05) is 0 Å². The van der Waals surface area contributed by atoms with E-state index in [-0.39, 0.29) is 24.7 Å². The largest absolute Gasteiger partial charge is 0.484 e. The molecule has 0 unspecified atom stereocenters. The Balaban J connectivity index is 1.39. The van der Waals surface area contributed by atoms with Crippen LogP contribution in [-0.4, -0.2) is 63.1 Å². The van der Waals surface area contributed by atoms with E-state index in [4.69, 9.17) is 9.47 Å². The van der Waals surface area contributed by atoms with Crippen molar-refractivity contribution in [1.82, 2.24) is 14.6 Å². The van der Waals surface area contributed by atoms with Gasteiger partial charge in [-0.15, -0.1) is 0 Å². The Morgan fingerprint density at radius 2 is 2.32 bits per heavy atom. The van der Waals surface area contributed by atoms with Crippen LogP contribution < -0.4 is 15.0 Å². The summed E-state index contributed by atoms with van der Waals surface area (Å²) in [5.41, 5.74) is 2.87. The number of hydrogen-bond acceptors (Lipinski definition) is 7. The van der Waals surface area contributed by atoms with E-state index in [1.807, 2.05) is 19.1 Å². The molecule has 2 fully saturated rings. The lowest BCUT2D eigenvalue weighted by molar-refractivity contribution is 0.0446. The summed E-state index contributed by atoms with van der Waals surface area (Å²) in [4.78, 5) is 19.8. The van der Waals surface area contributed by atoms with Crippen molar-refractivity contribution in [3.8, 4) is 5.75 Å². The van der Waals surface area contributed by atoms with Gasteiger partial charge >= 0.3 is 0 Å². The Morgan fingerprint density at radius 3 is 3.10 bits per heavy atom. The molecule has 0 spiro atoms. The van der Waals surface area contributed by atoms with Crippen molar-refractivity contribution in [2.45, 2.75) is 37.5 Å². The van der Waals surface area contributed by atoms with Gasteiger partial charge < -0.3 is 24.8 Å². The van der Waals surface area contributed by atoms with Crippen molar-refractivity contribution in [3.05, 3.63) is 47.9 Å². The van der Waals surface area contributed by atoms with Crippen LogP contribution in [0.2, 0.25) is 0 Å². The molecule has 6 rings (SSSR count). The standard InChI is InChI=1S/C22H23N5O4/c1-22(12-28)8-13-5-17(25-21(29)16-9-24-27-4-2-3-23-20(16)27)18(7-19(13)31-22)26-10-15-6-14(26)11-30-15/h2-5,7,9,14-15,28H,6,8,10-12H2,1H3,(H,25,29)/t14-,15-,22+/m0/s1. The molecule has 2 saturated heterocycles. The number of fused-ring (bicyclic) bond motifs is 4. The monoisotopic (exact) mass is 421 g/mol. The molecular formula is C22H23N5O4. The average Bonchev–Trinajstić information content (AvgIpc) is 3.54. The lowest BCUT2D eigenvalue weighted by atomic mass is 9.99. The van der Waals surface area contributed by atoms with Crippen LogP contribution in [0, 0.1) is 0 Å². The van der Waals surface area contributed by atoms with Gasteiger partial charge in [0.1, 0.15) is 16.9 Å². The number of ether oxygens (including phenoxy) is 2. The molecule has 1 aromatic carbocycles. The first-order valence-electron chi connectivity index (χ1n) is 10.5. The van der Waals surface area contributed by atoms with E-state index in [2.05, 4.69) is 20.3 Å². The molecule has 31 heavy (non-hydrogen) atoms. The molecule has 0 aliphatic carbocycles. The Morgan fingerprint density at radius 1 is 1.42 bits per heavy atom. The van der Waals surface area contributed by atoms with Gasteiger partial charge in [-0.25, -0.2) is 9.50 Å². The fraction of sp³-hybridized carbons (Fsp3) is 0.409. The molecule has 9 heteroatoms. The van der Waals surface area contributed by atoms with E-state index in [1.54, 1.807) is 23.0 Å². The van der Waals surface area contributed by atoms with E-state index in [0.717, 1.165) is 35.7 Å². The quantitative estimate of drug-likeness (QED) is 0.660. The van der Waals surface area contributed by atoms with Gasteiger partial charge in [-0.3, -0.25) is 4.79 Å². The van der Waals surface area contributed by atoms with Gasteiger partial charge in [0.2, 0.25) is 0 Å². The maximum Gasteiger partial charge on any atom is 0.261 e. The third-order valence-electron chi connectivity index (χ3n) is 6.42. The molecular weight excluding hydrogens is 398 g/mol. The fourth-order valence-electron chi connectivity index (χ4n) is 4.85.